The average molecular weight is 335 g/mol. The Balaban J connectivity index is 1.56. The number of aliphatic imine (C=N–C) groups is 1. The van der Waals surface area contributed by atoms with Gasteiger partial charge in [-0.3, -0.25) is 4.99 Å². The first-order valence-corrected chi connectivity index (χ1v) is 9.55. The molecule has 25 heavy (non-hydrogen) atoms. The zero-order chi connectivity index (χ0) is 17.2. The Kier molecular flexibility index (Phi) is 6.92. The number of guanidine groups is 1. The number of hydrogen-bond acceptors (Lipinski definition) is 3. The summed E-state index contributed by atoms with van der Waals surface area (Å²) in [7, 11) is 0. The van der Waals surface area contributed by atoms with Gasteiger partial charge in [-0.25, -0.2) is 0 Å². The zero-order valence-corrected chi connectivity index (χ0v) is 15.0. The lowest BCUT2D eigenvalue weighted by molar-refractivity contribution is 0.616. The van der Waals surface area contributed by atoms with E-state index < -0.39 is 0 Å². The Morgan fingerprint density at radius 2 is 1.56 bits per heavy atom. The van der Waals surface area contributed by atoms with Crippen LogP contribution in [0.4, 0.5) is 0 Å². The molecule has 0 saturated heterocycles. The summed E-state index contributed by atoms with van der Waals surface area (Å²) in [5.41, 5.74) is 2.80. The zero-order valence-electron chi connectivity index (χ0n) is 15.0. The van der Waals surface area contributed by atoms with E-state index in [0.29, 0.717) is 5.92 Å². The molecule has 2 aromatic carbocycles. The van der Waals surface area contributed by atoms with E-state index in [2.05, 4.69) is 76.3 Å². The SMILES string of the molecule is c1ccc(C(CCCNC2=NCCCCCN2)c2ccccc2)cc1. The summed E-state index contributed by atoms with van der Waals surface area (Å²) in [6.45, 7) is 2.93. The van der Waals surface area contributed by atoms with Crippen molar-refractivity contribution in [1.82, 2.24) is 10.6 Å². The second kappa shape index (κ2) is 9.87. The van der Waals surface area contributed by atoms with Gasteiger partial charge in [0, 0.05) is 25.6 Å². The van der Waals surface area contributed by atoms with E-state index in [0.717, 1.165) is 38.4 Å². The molecule has 0 saturated carbocycles. The monoisotopic (exact) mass is 335 g/mol. The van der Waals surface area contributed by atoms with E-state index in [9.17, 15) is 0 Å². The van der Waals surface area contributed by atoms with Gasteiger partial charge in [0.2, 0.25) is 0 Å². The molecule has 0 atom stereocenters. The van der Waals surface area contributed by atoms with Crippen LogP contribution in [0.3, 0.4) is 0 Å². The molecular weight excluding hydrogens is 306 g/mol. The minimum absolute atomic E-state index is 0.455. The molecule has 132 valence electrons. The molecule has 0 aromatic heterocycles. The molecule has 0 spiro atoms. The summed E-state index contributed by atoms with van der Waals surface area (Å²) in [6.07, 6.45) is 5.98. The van der Waals surface area contributed by atoms with Crippen LogP contribution in [0.2, 0.25) is 0 Å². The molecular formula is C22H29N3. The standard InChI is InChI=1S/C22H29N3/c1-4-11-19(12-5-1)21(20-13-6-2-7-14-20)15-10-18-25-22-23-16-8-3-9-17-24-22/h1-2,4-7,11-14,21H,3,8-10,15-18H2,(H2,23,24,25). The Bertz CT molecular complexity index is 597. The lowest BCUT2D eigenvalue weighted by atomic mass is 9.87. The molecule has 3 nitrogen and oxygen atoms in total. The van der Waals surface area contributed by atoms with Crippen LogP contribution in [-0.2, 0) is 0 Å². The first-order valence-electron chi connectivity index (χ1n) is 9.55. The largest absolute Gasteiger partial charge is 0.356 e. The van der Waals surface area contributed by atoms with Crippen molar-refractivity contribution in [3.05, 3.63) is 71.8 Å². The maximum atomic E-state index is 4.61. The molecule has 1 heterocycles. The second-order valence-electron chi connectivity index (χ2n) is 6.66. The van der Waals surface area contributed by atoms with Gasteiger partial charge in [0.05, 0.1) is 0 Å². The molecule has 1 aliphatic rings. The van der Waals surface area contributed by atoms with Crippen molar-refractivity contribution in [1.29, 1.82) is 0 Å². The minimum atomic E-state index is 0.455. The molecule has 0 aliphatic carbocycles. The molecule has 3 rings (SSSR count). The fourth-order valence-corrected chi connectivity index (χ4v) is 3.39. The highest BCUT2D eigenvalue weighted by molar-refractivity contribution is 5.79. The van der Waals surface area contributed by atoms with Crippen molar-refractivity contribution in [3.8, 4) is 0 Å². The van der Waals surface area contributed by atoms with Crippen molar-refractivity contribution < 1.29 is 0 Å². The van der Waals surface area contributed by atoms with Crippen LogP contribution in [-0.4, -0.2) is 25.6 Å². The van der Waals surface area contributed by atoms with Gasteiger partial charge >= 0.3 is 0 Å². The fraction of sp³-hybridized carbons (Fsp3) is 0.409. The number of hydrogen-bond donors (Lipinski definition) is 2. The molecule has 2 aromatic rings. The van der Waals surface area contributed by atoms with Gasteiger partial charge in [-0.05, 0) is 43.2 Å². The molecule has 0 bridgehead atoms. The lowest BCUT2D eigenvalue weighted by Gasteiger charge is -2.19. The van der Waals surface area contributed by atoms with Crippen molar-refractivity contribution in [3.63, 3.8) is 0 Å². The van der Waals surface area contributed by atoms with Crippen LogP contribution in [0, 0.1) is 0 Å². The van der Waals surface area contributed by atoms with Crippen LogP contribution in [0.1, 0.15) is 49.1 Å². The smallest absolute Gasteiger partial charge is 0.191 e. The van der Waals surface area contributed by atoms with Crippen LogP contribution >= 0.6 is 0 Å². The van der Waals surface area contributed by atoms with Crippen molar-refractivity contribution in [2.24, 2.45) is 4.99 Å². The number of rotatable bonds is 6. The highest BCUT2D eigenvalue weighted by Gasteiger charge is 2.13. The normalized spacial score (nSPS) is 15.0. The summed E-state index contributed by atoms with van der Waals surface area (Å²) in [6, 6.07) is 21.7. The number of nitrogens with zero attached hydrogens (tertiary/aromatic N) is 1. The Morgan fingerprint density at radius 3 is 2.24 bits per heavy atom. The first kappa shape index (κ1) is 17.5. The molecule has 0 radical (unpaired) electrons. The van der Waals surface area contributed by atoms with E-state index in [1.807, 2.05) is 0 Å². The third kappa shape index (κ3) is 5.63. The quantitative estimate of drug-likeness (QED) is 0.772. The summed E-state index contributed by atoms with van der Waals surface area (Å²) in [5.74, 6) is 1.44. The van der Waals surface area contributed by atoms with Crippen LogP contribution in [0.5, 0.6) is 0 Å². The third-order valence-electron chi connectivity index (χ3n) is 4.76. The maximum Gasteiger partial charge on any atom is 0.191 e. The van der Waals surface area contributed by atoms with Crippen LogP contribution < -0.4 is 10.6 Å². The van der Waals surface area contributed by atoms with E-state index >= 15 is 0 Å². The van der Waals surface area contributed by atoms with E-state index in [1.165, 1.54) is 30.4 Å². The molecule has 2 N–H and O–H groups in total. The Labute approximate surface area is 151 Å². The van der Waals surface area contributed by atoms with Crippen molar-refractivity contribution in [2.75, 3.05) is 19.6 Å². The highest BCUT2D eigenvalue weighted by Crippen LogP contribution is 2.28. The third-order valence-corrected chi connectivity index (χ3v) is 4.76. The summed E-state index contributed by atoms with van der Waals surface area (Å²) >= 11 is 0. The van der Waals surface area contributed by atoms with Gasteiger partial charge in [-0.1, -0.05) is 60.7 Å². The van der Waals surface area contributed by atoms with Crippen LogP contribution in [0.15, 0.2) is 65.7 Å². The van der Waals surface area contributed by atoms with Gasteiger partial charge in [0.15, 0.2) is 5.96 Å². The fourth-order valence-electron chi connectivity index (χ4n) is 3.39. The molecule has 3 heteroatoms. The van der Waals surface area contributed by atoms with Gasteiger partial charge < -0.3 is 10.6 Å². The number of benzene rings is 2. The minimum Gasteiger partial charge on any atom is -0.356 e. The van der Waals surface area contributed by atoms with Gasteiger partial charge in [-0.15, -0.1) is 0 Å². The summed E-state index contributed by atoms with van der Waals surface area (Å²) in [5, 5.41) is 6.90. The van der Waals surface area contributed by atoms with E-state index in [4.69, 9.17) is 0 Å². The second-order valence-corrected chi connectivity index (χ2v) is 6.66. The maximum absolute atomic E-state index is 4.61. The molecule has 1 aliphatic heterocycles. The average Bonchev–Trinajstić information content (AvgIpc) is 2.64. The van der Waals surface area contributed by atoms with E-state index in [-0.39, 0.29) is 0 Å². The summed E-state index contributed by atoms with van der Waals surface area (Å²) < 4.78 is 0. The first-order chi connectivity index (χ1) is 12.4. The van der Waals surface area contributed by atoms with Gasteiger partial charge in [-0.2, -0.15) is 0 Å². The molecule has 0 amide bonds. The predicted molar refractivity (Wildman–Crippen MR) is 106 cm³/mol. The topological polar surface area (TPSA) is 36.4 Å². The van der Waals surface area contributed by atoms with Crippen LogP contribution in [0.25, 0.3) is 0 Å². The highest BCUT2D eigenvalue weighted by atomic mass is 15.2. The molecule has 0 unspecified atom stereocenters. The lowest BCUT2D eigenvalue weighted by Crippen LogP contribution is -2.39. The Morgan fingerprint density at radius 1 is 0.880 bits per heavy atom. The van der Waals surface area contributed by atoms with E-state index in [1.54, 1.807) is 0 Å². The van der Waals surface area contributed by atoms with Gasteiger partial charge in [0.1, 0.15) is 0 Å². The van der Waals surface area contributed by atoms with Crippen molar-refractivity contribution >= 4 is 5.96 Å². The molecule has 0 fully saturated rings. The summed E-state index contributed by atoms with van der Waals surface area (Å²) in [4.78, 5) is 4.61. The predicted octanol–water partition coefficient (Wildman–Crippen LogP) is 4.32. The Hall–Kier alpha value is -2.29. The number of nitrogens with one attached hydrogen (secondary N) is 2. The van der Waals surface area contributed by atoms with Gasteiger partial charge in [0.25, 0.3) is 0 Å². The van der Waals surface area contributed by atoms with Crippen molar-refractivity contribution in [2.45, 2.75) is 38.0 Å².